The van der Waals surface area contributed by atoms with Gasteiger partial charge in [0.25, 0.3) is 0 Å². The highest BCUT2D eigenvalue weighted by atomic mass is 16.5. The van der Waals surface area contributed by atoms with Crippen LogP contribution in [-0.2, 0) is 16.0 Å². The number of rotatable bonds is 5. The lowest BCUT2D eigenvalue weighted by atomic mass is 10.1. The molecule has 1 fully saturated rings. The van der Waals surface area contributed by atoms with Crippen molar-refractivity contribution < 1.29 is 14.3 Å². The van der Waals surface area contributed by atoms with Crippen LogP contribution >= 0.6 is 0 Å². The van der Waals surface area contributed by atoms with Gasteiger partial charge in [-0.15, -0.1) is 0 Å². The number of benzene rings is 1. The van der Waals surface area contributed by atoms with Crippen molar-refractivity contribution in [2.45, 2.75) is 25.4 Å². The molecule has 0 aliphatic carbocycles. The second kappa shape index (κ2) is 6.40. The van der Waals surface area contributed by atoms with Gasteiger partial charge in [-0.1, -0.05) is 12.1 Å². The molecule has 1 atom stereocenters. The van der Waals surface area contributed by atoms with Gasteiger partial charge in [0.05, 0.1) is 19.6 Å². The first kappa shape index (κ1) is 12.9. The number of methoxy groups -OCH3 is 1. The van der Waals surface area contributed by atoms with Crippen LogP contribution in [-0.4, -0.2) is 32.3 Å². The zero-order chi connectivity index (χ0) is 12.8. The molecule has 18 heavy (non-hydrogen) atoms. The van der Waals surface area contributed by atoms with E-state index in [-0.39, 0.29) is 12.0 Å². The average Bonchev–Trinajstić information content (AvgIpc) is 2.90. The average molecular weight is 249 g/mol. The Morgan fingerprint density at radius 3 is 2.83 bits per heavy atom. The number of amides is 1. The van der Waals surface area contributed by atoms with E-state index in [4.69, 9.17) is 9.47 Å². The molecule has 0 bridgehead atoms. The molecule has 1 amide bonds. The fourth-order valence-electron chi connectivity index (χ4n) is 2.02. The van der Waals surface area contributed by atoms with Crippen LogP contribution in [0.1, 0.15) is 18.4 Å². The van der Waals surface area contributed by atoms with E-state index in [1.165, 1.54) is 0 Å². The van der Waals surface area contributed by atoms with Gasteiger partial charge in [0.2, 0.25) is 5.91 Å². The minimum atomic E-state index is 0.0377. The van der Waals surface area contributed by atoms with Crippen molar-refractivity contribution in [3.05, 3.63) is 29.8 Å². The Bertz CT molecular complexity index is 383. The van der Waals surface area contributed by atoms with Gasteiger partial charge in [0.15, 0.2) is 0 Å². The Kier molecular flexibility index (Phi) is 4.59. The summed E-state index contributed by atoms with van der Waals surface area (Å²) in [5.41, 5.74) is 0.987. The molecule has 1 aliphatic heterocycles. The SMILES string of the molecule is COc1ccc(CC(=O)NC[C@@H]2CCCO2)cc1. The Hall–Kier alpha value is -1.55. The van der Waals surface area contributed by atoms with Gasteiger partial charge in [-0.2, -0.15) is 0 Å². The lowest BCUT2D eigenvalue weighted by molar-refractivity contribution is -0.120. The molecule has 1 N–H and O–H groups in total. The Morgan fingerprint density at radius 2 is 2.22 bits per heavy atom. The van der Waals surface area contributed by atoms with E-state index >= 15 is 0 Å². The highest BCUT2D eigenvalue weighted by molar-refractivity contribution is 5.78. The lowest BCUT2D eigenvalue weighted by Gasteiger charge is -2.10. The second-order valence-electron chi connectivity index (χ2n) is 4.46. The summed E-state index contributed by atoms with van der Waals surface area (Å²) < 4.78 is 10.5. The summed E-state index contributed by atoms with van der Waals surface area (Å²) >= 11 is 0. The summed E-state index contributed by atoms with van der Waals surface area (Å²) in [6.45, 7) is 1.44. The predicted molar refractivity (Wildman–Crippen MR) is 68.7 cm³/mol. The van der Waals surface area contributed by atoms with Crippen LogP contribution < -0.4 is 10.1 Å². The Balaban J connectivity index is 1.75. The molecule has 0 saturated carbocycles. The first-order valence-electron chi connectivity index (χ1n) is 6.29. The summed E-state index contributed by atoms with van der Waals surface area (Å²) in [5.74, 6) is 0.842. The molecule has 1 aromatic carbocycles. The van der Waals surface area contributed by atoms with Crippen LogP contribution in [0.25, 0.3) is 0 Å². The van der Waals surface area contributed by atoms with Crippen LogP contribution in [0.2, 0.25) is 0 Å². The van der Waals surface area contributed by atoms with E-state index in [0.29, 0.717) is 13.0 Å². The molecule has 0 spiro atoms. The highest BCUT2D eigenvalue weighted by Crippen LogP contribution is 2.12. The number of ether oxygens (including phenoxy) is 2. The predicted octanol–water partition coefficient (Wildman–Crippen LogP) is 1.53. The molecular formula is C14H19NO3. The van der Waals surface area contributed by atoms with Gasteiger partial charge in [-0.25, -0.2) is 0 Å². The fraction of sp³-hybridized carbons (Fsp3) is 0.500. The van der Waals surface area contributed by atoms with Gasteiger partial charge in [0.1, 0.15) is 5.75 Å². The van der Waals surface area contributed by atoms with Crippen molar-refractivity contribution in [1.29, 1.82) is 0 Å². The number of hydrogen-bond donors (Lipinski definition) is 1. The van der Waals surface area contributed by atoms with Crippen molar-refractivity contribution in [3.63, 3.8) is 0 Å². The molecule has 98 valence electrons. The molecule has 4 nitrogen and oxygen atoms in total. The molecule has 4 heteroatoms. The number of hydrogen-bond acceptors (Lipinski definition) is 3. The molecular weight excluding hydrogens is 230 g/mol. The van der Waals surface area contributed by atoms with Gasteiger partial charge < -0.3 is 14.8 Å². The zero-order valence-electron chi connectivity index (χ0n) is 10.6. The summed E-state index contributed by atoms with van der Waals surface area (Å²) in [7, 11) is 1.63. The standard InChI is InChI=1S/C14H19NO3/c1-17-12-6-4-11(5-7-12)9-14(16)15-10-13-3-2-8-18-13/h4-7,13H,2-3,8-10H2,1H3,(H,15,16)/t13-/m0/s1. The Labute approximate surface area is 107 Å². The fourth-order valence-corrected chi connectivity index (χ4v) is 2.02. The van der Waals surface area contributed by atoms with Crippen LogP contribution in [0.3, 0.4) is 0 Å². The smallest absolute Gasteiger partial charge is 0.224 e. The van der Waals surface area contributed by atoms with E-state index < -0.39 is 0 Å². The molecule has 1 heterocycles. The summed E-state index contributed by atoms with van der Waals surface area (Å²) in [4.78, 5) is 11.7. The largest absolute Gasteiger partial charge is 0.497 e. The van der Waals surface area contributed by atoms with Crippen molar-refractivity contribution in [2.75, 3.05) is 20.3 Å². The van der Waals surface area contributed by atoms with Gasteiger partial charge in [0, 0.05) is 13.2 Å². The maximum Gasteiger partial charge on any atom is 0.224 e. The topological polar surface area (TPSA) is 47.6 Å². The normalized spacial score (nSPS) is 18.6. The quantitative estimate of drug-likeness (QED) is 0.861. The first-order valence-corrected chi connectivity index (χ1v) is 6.29. The monoisotopic (exact) mass is 249 g/mol. The molecule has 0 aromatic heterocycles. The van der Waals surface area contributed by atoms with Gasteiger partial charge >= 0.3 is 0 Å². The maximum atomic E-state index is 11.7. The highest BCUT2D eigenvalue weighted by Gasteiger charge is 2.16. The van der Waals surface area contributed by atoms with Crippen molar-refractivity contribution in [2.24, 2.45) is 0 Å². The zero-order valence-corrected chi connectivity index (χ0v) is 10.6. The maximum absolute atomic E-state index is 11.7. The molecule has 0 unspecified atom stereocenters. The molecule has 1 aromatic rings. The number of nitrogens with one attached hydrogen (secondary N) is 1. The molecule has 1 saturated heterocycles. The molecule has 2 rings (SSSR count). The third-order valence-electron chi connectivity index (χ3n) is 3.07. The number of carbonyl (C=O) groups is 1. The minimum absolute atomic E-state index is 0.0377. The van der Waals surface area contributed by atoms with Crippen LogP contribution in [0.5, 0.6) is 5.75 Å². The third-order valence-corrected chi connectivity index (χ3v) is 3.07. The number of carbonyl (C=O) groups excluding carboxylic acids is 1. The Morgan fingerprint density at radius 1 is 1.44 bits per heavy atom. The minimum Gasteiger partial charge on any atom is -0.497 e. The first-order chi connectivity index (χ1) is 8.78. The lowest BCUT2D eigenvalue weighted by Crippen LogP contribution is -2.32. The van der Waals surface area contributed by atoms with Crippen LogP contribution in [0.15, 0.2) is 24.3 Å². The van der Waals surface area contributed by atoms with Crippen molar-refractivity contribution in [1.82, 2.24) is 5.32 Å². The van der Waals surface area contributed by atoms with Crippen molar-refractivity contribution >= 4 is 5.91 Å². The van der Waals surface area contributed by atoms with Crippen LogP contribution in [0, 0.1) is 0 Å². The third kappa shape index (κ3) is 3.74. The molecule has 1 aliphatic rings. The van der Waals surface area contributed by atoms with E-state index in [0.717, 1.165) is 30.8 Å². The summed E-state index contributed by atoms with van der Waals surface area (Å²) in [5, 5.41) is 2.91. The van der Waals surface area contributed by atoms with Crippen LogP contribution in [0.4, 0.5) is 0 Å². The van der Waals surface area contributed by atoms with E-state index in [1.807, 2.05) is 24.3 Å². The van der Waals surface area contributed by atoms with E-state index in [1.54, 1.807) is 7.11 Å². The summed E-state index contributed by atoms with van der Waals surface area (Å²) in [6, 6.07) is 7.54. The van der Waals surface area contributed by atoms with E-state index in [2.05, 4.69) is 5.32 Å². The summed E-state index contributed by atoms with van der Waals surface area (Å²) in [6.07, 6.45) is 2.74. The van der Waals surface area contributed by atoms with E-state index in [9.17, 15) is 4.79 Å². The second-order valence-corrected chi connectivity index (χ2v) is 4.46. The van der Waals surface area contributed by atoms with Crippen molar-refractivity contribution in [3.8, 4) is 5.75 Å². The van der Waals surface area contributed by atoms with Gasteiger partial charge in [-0.3, -0.25) is 4.79 Å². The van der Waals surface area contributed by atoms with Gasteiger partial charge in [-0.05, 0) is 30.5 Å². The molecule has 0 radical (unpaired) electrons.